The van der Waals surface area contributed by atoms with E-state index >= 15 is 0 Å². The van der Waals surface area contributed by atoms with Crippen LogP contribution >= 0.6 is 0 Å². The molecular weight excluding hydrogens is 609 g/mol. The highest BCUT2D eigenvalue weighted by molar-refractivity contribution is 5.82. The Labute approximate surface area is 303 Å². The maximum Gasteiger partial charge on any atom is 0.118 e. The van der Waals surface area contributed by atoms with Gasteiger partial charge in [-0.2, -0.15) is 0 Å². The van der Waals surface area contributed by atoms with Crippen LogP contribution in [-0.2, 0) is 21.7 Å². The zero-order valence-corrected chi connectivity index (χ0v) is 32.7. The number of hydrogen-bond donors (Lipinski definition) is 0. The van der Waals surface area contributed by atoms with Crippen LogP contribution in [0.4, 0.5) is 0 Å². The van der Waals surface area contributed by atoms with Gasteiger partial charge in [0.15, 0.2) is 0 Å². The maximum atomic E-state index is 5.27. The number of methoxy groups -OCH3 is 2. The first-order chi connectivity index (χ1) is 23.6. The van der Waals surface area contributed by atoms with Crippen molar-refractivity contribution in [2.75, 3.05) is 14.2 Å². The van der Waals surface area contributed by atoms with Crippen molar-refractivity contribution in [2.24, 2.45) is 0 Å². The summed E-state index contributed by atoms with van der Waals surface area (Å²) >= 11 is 0. The first-order valence-corrected chi connectivity index (χ1v) is 18.6. The fraction of sp³-hybridized carbons (Fsp3) is 0.417. The number of hydrogen-bond acceptors (Lipinski definition) is 2. The summed E-state index contributed by atoms with van der Waals surface area (Å²) in [5.41, 5.74) is 13.6. The Bertz CT molecular complexity index is 1830. The summed E-state index contributed by atoms with van der Waals surface area (Å²) in [6, 6.07) is 30.6. The Kier molecular flexibility index (Phi) is 10.9. The highest BCUT2D eigenvalue weighted by Gasteiger charge is 2.38. The van der Waals surface area contributed by atoms with Crippen LogP contribution in [-0.4, -0.2) is 14.2 Å². The molecule has 0 amide bonds. The van der Waals surface area contributed by atoms with E-state index in [0.717, 1.165) is 17.9 Å². The summed E-state index contributed by atoms with van der Waals surface area (Å²) in [6.07, 6.45) is 12.7. The van der Waals surface area contributed by atoms with Gasteiger partial charge < -0.3 is 9.47 Å². The highest BCUT2D eigenvalue weighted by atomic mass is 16.5. The molecule has 2 aliphatic rings. The quantitative estimate of drug-likeness (QED) is 0.183. The fourth-order valence-corrected chi connectivity index (χ4v) is 7.70. The largest absolute Gasteiger partial charge is 0.497 e. The Morgan fingerprint density at radius 2 is 0.900 bits per heavy atom. The second-order valence-electron chi connectivity index (χ2n) is 17.0. The lowest BCUT2D eigenvalue weighted by molar-refractivity contribution is 0.332. The Morgan fingerprint density at radius 1 is 0.500 bits per heavy atom. The molecule has 0 N–H and O–H groups in total. The third-order valence-corrected chi connectivity index (χ3v) is 11.5. The maximum absolute atomic E-state index is 5.27. The van der Waals surface area contributed by atoms with Gasteiger partial charge in [-0.05, 0) is 128 Å². The topological polar surface area (TPSA) is 18.5 Å². The van der Waals surface area contributed by atoms with Crippen molar-refractivity contribution in [3.63, 3.8) is 0 Å². The van der Waals surface area contributed by atoms with Crippen LogP contribution in [0.25, 0.3) is 23.8 Å². The van der Waals surface area contributed by atoms with E-state index in [9.17, 15) is 0 Å². The molecule has 0 saturated carbocycles. The zero-order chi connectivity index (χ0) is 36.3. The predicted molar refractivity (Wildman–Crippen MR) is 217 cm³/mol. The van der Waals surface area contributed by atoms with E-state index in [1.54, 1.807) is 14.2 Å². The van der Waals surface area contributed by atoms with Crippen molar-refractivity contribution in [1.82, 2.24) is 0 Å². The van der Waals surface area contributed by atoms with Crippen molar-refractivity contribution in [3.05, 3.63) is 129 Å². The van der Waals surface area contributed by atoms with Gasteiger partial charge in [0.25, 0.3) is 0 Å². The molecule has 0 atom stereocenters. The number of fused-ring (bicyclic) bond motifs is 2. The molecule has 0 unspecified atom stereocenters. The van der Waals surface area contributed by atoms with Crippen molar-refractivity contribution in [2.45, 2.75) is 116 Å². The van der Waals surface area contributed by atoms with Gasteiger partial charge in [0.05, 0.1) is 14.2 Å². The van der Waals surface area contributed by atoms with Crippen LogP contribution < -0.4 is 9.47 Å². The highest BCUT2D eigenvalue weighted by Crippen LogP contribution is 2.47. The van der Waals surface area contributed by atoms with E-state index in [1.165, 1.54) is 75.8 Å². The zero-order valence-electron chi connectivity index (χ0n) is 32.7. The van der Waals surface area contributed by atoms with Crippen molar-refractivity contribution in [1.29, 1.82) is 0 Å². The molecule has 2 heteroatoms. The monoisotopic (exact) mass is 668 g/mol. The van der Waals surface area contributed by atoms with Gasteiger partial charge in [-0.25, -0.2) is 0 Å². The fourth-order valence-electron chi connectivity index (χ4n) is 7.70. The van der Waals surface area contributed by atoms with Crippen LogP contribution in [0.3, 0.4) is 0 Å². The van der Waals surface area contributed by atoms with E-state index in [2.05, 4.69) is 141 Å². The molecule has 0 fully saturated rings. The van der Waals surface area contributed by atoms with Gasteiger partial charge in [-0.15, -0.1) is 0 Å². The first kappa shape index (κ1) is 37.2. The summed E-state index contributed by atoms with van der Waals surface area (Å²) in [4.78, 5) is 0. The Balaban J connectivity index is 0.000000195. The molecule has 264 valence electrons. The molecule has 0 heterocycles. The predicted octanol–water partition coefficient (Wildman–Crippen LogP) is 13.2. The van der Waals surface area contributed by atoms with Crippen LogP contribution in [0.15, 0.2) is 84.9 Å². The van der Waals surface area contributed by atoms with E-state index < -0.39 is 0 Å². The van der Waals surface area contributed by atoms with Crippen LogP contribution in [0.5, 0.6) is 11.5 Å². The second kappa shape index (κ2) is 14.7. The summed E-state index contributed by atoms with van der Waals surface area (Å²) in [5, 5.41) is 0. The molecule has 0 spiro atoms. The standard InChI is InChI=1S/C25H32O.C23H28O/c1-7-19(16-18-8-11-21(26-6)12-9-18)20-10-13-22-23(17-20)25(4,5)15-14-24(22,2)3;1-22(2)14-15-23(3,4)21-16-18(10-13-20(21)22)7-6-17-8-11-19(24-5)12-9-17/h8-13,16-17H,7,14-15H2,1-6H3;6-13,16H,14-15H2,1-5H3. The number of benzene rings is 4. The number of ether oxygens (including phenoxy) is 2. The van der Waals surface area contributed by atoms with Crippen molar-refractivity contribution in [3.8, 4) is 11.5 Å². The molecule has 0 bridgehead atoms. The van der Waals surface area contributed by atoms with E-state index in [4.69, 9.17) is 9.47 Å². The second-order valence-corrected chi connectivity index (χ2v) is 17.0. The minimum absolute atomic E-state index is 0.250. The average Bonchev–Trinajstić information content (AvgIpc) is 3.11. The minimum Gasteiger partial charge on any atom is -0.497 e. The molecule has 50 heavy (non-hydrogen) atoms. The van der Waals surface area contributed by atoms with Crippen molar-refractivity contribution >= 4 is 23.8 Å². The number of allylic oxidation sites excluding steroid dienone is 1. The van der Waals surface area contributed by atoms with Crippen molar-refractivity contribution < 1.29 is 9.47 Å². The third kappa shape index (κ3) is 8.28. The molecule has 0 radical (unpaired) electrons. The number of rotatable bonds is 7. The van der Waals surface area contributed by atoms with Gasteiger partial charge in [0.2, 0.25) is 0 Å². The van der Waals surface area contributed by atoms with Gasteiger partial charge in [-0.1, -0.05) is 141 Å². The van der Waals surface area contributed by atoms with E-state index in [0.29, 0.717) is 0 Å². The van der Waals surface area contributed by atoms with Gasteiger partial charge >= 0.3 is 0 Å². The average molecular weight is 669 g/mol. The summed E-state index contributed by atoms with van der Waals surface area (Å²) in [7, 11) is 3.40. The SMILES string of the molecule is CCC(=Cc1ccc(OC)cc1)c1ccc2c(c1)C(C)(C)CCC2(C)C.COc1ccc(C=Cc2ccc3c(c2)C(C)(C)CCC3(C)C)cc1. The van der Waals surface area contributed by atoms with Gasteiger partial charge in [-0.3, -0.25) is 0 Å². The molecule has 2 nitrogen and oxygen atoms in total. The summed E-state index contributed by atoms with van der Waals surface area (Å²) in [5.74, 6) is 1.79. The normalized spacial score (nSPS) is 18.3. The van der Waals surface area contributed by atoms with Crippen LogP contribution in [0, 0.1) is 0 Å². The Morgan fingerprint density at radius 3 is 1.38 bits per heavy atom. The molecule has 2 aliphatic carbocycles. The lowest BCUT2D eigenvalue weighted by Gasteiger charge is -2.42. The van der Waals surface area contributed by atoms with E-state index in [-0.39, 0.29) is 21.7 Å². The van der Waals surface area contributed by atoms with Gasteiger partial charge in [0, 0.05) is 0 Å². The molecule has 0 saturated heterocycles. The lowest BCUT2D eigenvalue weighted by Crippen LogP contribution is -2.33. The lowest BCUT2D eigenvalue weighted by atomic mass is 9.63. The van der Waals surface area contributed by atoms with Gasteiger partial charge in [0.1, 0.15) is 11.5 Å². The van der Waals surface area contributed by atoms with E-state index in [1.807, 2.05) is 24.3 Å². The molecule has 0 aliphatic heterocycles. The molecule has 0 aromatic heterocycles. The molecule has 6 rings (SSSR count). The molecular formula is C48H60O2. The third-order valence-electron chi connectivity index (χ3n) is 11.5. The summed E-state index contributed by atoms with van der Waals surface area (Å²) < 4.78 is 10.5. The minimum atomic E-state index is 0.250. The Hall–Kier alpha value is -4.04. The molecule has 4 aromatic carbocycles. The van der Waals surface area contributed by atoms with Crippen LogP contribution in [0.2, 0.25) is 0 Å². The van der Waals surface area contributed by atoms with Crippen LogP contribution in [0.1, 0.15) is 139 Å². The first-order valence-electron chi connectivity index (χ1n) is 18.6. The molecule has 4 aromatic rings. The smallest absolute Gasteiger partial charge is 0.118 e. The summed E-state index contributed by atoms with van der Waals surface area (Å²) in [6.45, 7) is 21.3.